The van der Waals surface area contributed by atoms with Gasteiger partial charge >= 0.3 is 0 Å². The molecule has 2 heterocycles. The lowest BCUT2D eigenvalue weighted by Crippen LogP contribution is -2.70. The van der Waals surface area contributed by atoms with Gasteiger partial charge in [0.1, 0.15) is 0 Å². The van der Waals surface area contributed by atoms with E-state index in [0.29, 0.717) is 0 Å². The molecule has 2 bridgehead atoms. The van der Waals surface area contributed by atoms with Crippen LogP contribution in [0.3, 0.4) is 0 Å². The summed E-state index contributed by atoms with van der Waals surface area (Å²) < 4.78 is 0. The molecule has 15 heavy (non-hydrogen) atoms. The number of hydrogen-bond donors (Lipinski definition) is 2. The van der Waals surface area contributed by atoms with Crippen molar-refractivity contribution in [2.24, 2.45) is 10.8 Å². The highest BCUT2D eigenvalue weighted by Gasteiger charge is 2.55. The molecule has 2 atom stereocenters. The van der Waals surface area contributed by atoms with Gasteiger partial charge < -0.3 is 15.3 Å². The van der Waals surface area contributed by atoms with Crippen LogP contribution in [0.1, 0.15) is 26.7 Å². The standard InChI is InChI=1S/C12H24N2O/c1-4-11-6-13-7-12(5-2,10(11)15)9-14(3)8-11/h10,13,15H,4-9H2,1-3H3/t11-,12-/m1/s1. The molecule has 3 heteroatoms. The van der Waals surface area contributed by atoms with Crippen molar-refractivity contribution in [1.29, 1.82) is 0 Å². The molecule has 2 rings (SSSR count). The quantitative estimate of drug-likeness (QED) is 0.707. The Labute approximate surface area is 92.8 Å². The summed E-state index contributed by atoms with van der Waals surface area (Å²) in [7, 11) is 2.19. The number of aliphatic hydroxyl groups is 1. The predicted molar refractivity (Wildman–Crippen MR) is 61.8 cm³/mol. The maximum absolute atomic E-state index is 10.6. The van der Waals surface area contributed by atoms with Gasteiger partial charge in [-0.15, -0.1) is 0 Å². The minimum atomic E-state index is -0.127. The van der Waals surface area contributed by atoms with Crippen LogP contribution < -0.4 is 5.32 Å². The van der Waals surface area contributed by atoms with Crippen molar-refractivity contribution in [2.75, 3.05) is 33.2 Å². The molecule has 3 nitrogen and oxygen atoms in total. The van der Waals surface area contributed by atoms with Crippen molar-refractivity contribution in [3.8, 4) is 0 Å². The SMILES string of the molecule is CC[C@@]12CNC[C@](CC)(CN(C)C1)C2O. The minimum Gasteiger partial charge on any atom is -0.392 e. The summed E-state index contributed by atoms with van der Waals surface area (Å²) >= 11 is 0. The number of piperidine rings is 2. The Balaban J connectivity index is 2.33. The summed E-state index contributed by atoms with van der Waals surface area (Å²) in [5.41, 5.74) is 0.169. The molecule has 2 aliphatic heterocycles. The van der Waals surface area contributed by atoms with Crippen molar-refractivity contribution in [3.05, 3.63) is 0 Å². The van der Waals surface area contributed by atoms with Gasteiger partial charge in [-0.2, -0.15) is 0 Å². The Morgan fingerprint density at radius 2 is 1.67 bits per heavy atom. The van der Waals surface area contributed by atoms with E-state index < -0.39 is 0 Å². The van der Waals surface area contributed by atoms with Crippen LogP contribution in [-0.4, -0.2) is 49.3 Å². The van der Waals surface area contributed by atoms with E-state index in [4.69, 9.17) is 0 Å². The van der Waals surface area contributed by atoms with Crippen LogP contribution in [0.25, 0.3) is 0 Å². The summed E-state index contributed by atoms with van der Waals surface area (Å²) in [4.78, 5) is 2.40. The average Bonchev–Trinajstić information content (AvgIpc) is 2.21. The first kappa shape index (κ1) is 11.4. The number of fused-ring (bicyclic) bond motifs is 2. The first-order chi connectivity index (χ1) is 7.08. The zero-order valence-electron chi connectivity index (χ0n) is 10.2. The van der Waals surface area contributed by atoms with Crippen molar-refractivity contribution >= 4 is 0 Å². The van der Waals surface area contributed by atoms with Crippen LogP contribution in [0, 0.1) is 10.8 Å². The third-order valence-electron chi connectivity index (χ3n) is 4.69. The minimum absolute atomic E-state index is 0.0846. The number of nitrogens with one attached hydrogen (secondary N) is 1. The fraction of sp³-hybridized carbons (Fsp3) is 1.00. The molecule has 0 radical (unpaired) electrons. The Bertz CT molecular complexity index is 224. The van der Waals surface area contributed by atoms with Crippen molar-refractivity contribution in [3.63, 3.8) is 0 Å². The third-order valence-corrected chi connectivity index (χ3v) is 4.69. The molecule has 0 aromatic carbocycles. The Hall–Kier alpha value is -0.120. The smallest absolute Gasteiger partial charge is 0.0701 e. The second kappa shape index (κ2) is 3.72. The van der Waals surface area contributed by atoms with Crippen LogP contribution in [-0.2, 0) is 0 Å². The summed E-state index contributed by atoms with van der Waals surface area (Å²) in [5.74, 6) is 0. The largest absolute Gasteiger partial charge is 0.392 e. The molecule has 2 N–H and O–H groups in total. The molecule has 88 valence electrons. The molecular formula is C12H24N2O. The molecular weight excluding hydrogens is 188 g/mol. The van der Waals surface area contributed by atoms with E-state index in [2.05, 4.69) is 31.1 Å². The average molecular weight is 212 g/mol. The van der Waals surface area contributed by atoms with Crippen molar-refractivity contribution in [1.82, 2.24) is 10.2 Å². The summed E-state index contributed by atoms with van der Waals surface area (Å²) in [6.07, 6.45) is 2.00. The van der Waals surface area contributed by atoms with Crippen LogP contribution >= 0.6 is 0 Å². The van der Waals surface area contributed by atoms with Gasteiger partial charge in [0.25, 0.3) is 0 Å². The van der Waals surface area contributed by atoms with Crippen LogP contribution in [0.2, 0.25) is 0 Å². The summed E-state index contributed by atoms with van der Waals surface area (Å²) in [6.45, 7) is 8.40. The topological polar surface area (TPSA) is 35.5 Å². The second-order valence-electron chi connectivity index (χ2n) is 5.61. The highest BCUT2D eigenvalue weighted by Crippen LogP contribution is 2.46. The molecule has 0 spiro atoms. The predicted octanol–water partition coefficient (Wildman–Crippen LogP) is 0.689. The van der Waals surface area contributed by atoms with Crippen LogP contribution in [0.15, 0.2) is 0 Å². The van der Waals surface area contributed by atoms with E-state index >= 15 is 0 Å². The number of nitrogens with zero attached hydrogens (tertiary/aromatic N) is 1. The van der Waals surface area contributed by atoms with Gasteiger partial charge in [-0.05, 0) is 19.9 Å². The van der Waals surface area contributed by atoms with Gasteiger partial charge in [0.2, 0.25) is 0 Å². The van der Waals surface area contributed by atoms with Gasteiger partial charge in [-0.3, -0.25) is 0 Å². The third kappa shape index (κ3) is 1.52. The number of rotatable bonds is 2. The highest BCUT2D eigenvalue weighted by atomic mass is 16.3. The van der Waals surface area contributed by atoms with E-state index in [1.807, 2.05) is 0 Å². The first-order valence-electron chi connectivity index (χ1n) is 6.16. The number of aliphatic hydroxyl groups excluding tert-OH is 1. The fourth-order valence-corrected chi connectivity index (χ4v) is 3.68. The van der Waals surface area contributed by atoms with Crippen molar-refractivity contribution < 1.29 is 5.11 Å². The van der Waals surface area contributed by atoms with Gasteiger partial charge in [-0.25, -0.2) is 0 Å². The Morgan fingerprint density at radius 3 is 2.07 bits per heavy atom. The van der Waals surface area contributed by atoms with E-state index in [-0.39, 0.29) is 16.9 Å². The molecule has 2 aliphatic rings. The van der Waals surface area contributed by atoms with E-state index in [0.717, 1.165) is 39.0 Å². The second-order valence-corrected chi connectivity index (χ2v) is 5.61. The van der Waals surface area contributed by atoms with Gasteiger partial charge in [0, 0.05) is 37.0 Å². The highest BCUT2D eigenvalue weighted by molar-refractivity contribution is 5.08. The van der Waals surface area contributed by atoms with Gasteiger partial charge in [0.15, 0.2) is 0 Å². The maximum Gasteiger partial charge on any atom is 0.0701 e. The monoisotopic (exact) mass is 212 g/mol. The molecule has 0 aromatic heterocycles. The molecule has 0 unspecified atom stereocenters. The van der Waals surface area contributed by atoms with E-state index in [1.165, 1.54) is 0 Å². The number of likely N-dealkylation sites (tertiary alicyclic amines) is 1. The lowest BCUT2D eigenvalue weighted by Gasteiger charge is -2.59. The zero-order chi connectivity index (χ0) is 11.1. The lowest BCUT2D eigenvalue weighted by molar-refractivity contribution is -0.154. The summed E-state index contributed by atoms with van der Waals surface area (Å²) in [5, 5.41) is 14.2. The molecule has 0 aliphatic carbocycles. The van der Waals surface area contributed by atoms with Crippen LogP contribution in [0.4, 0.5) is 0 Å². The van der Waals surface area contributed by atoms with E-state index in [9.17, 15) is 5.11 Å². The first-order valence-corrected chi connectivity index (χ1v) is 6.16. The summed E-state index contributed by atoms with van der Waals surface area (Å²) in [6, 6.07) is 0. The van der Waals surface area contributed by atoms with Gasteiger partial charge in [-0.1, -0.05) is 13.8 Å². The Kier molecular flexibility index (Phi) is 2.82. The maximum atomic E-state index is 10.6. The number of hydrogen-bond acceptors (Lipinski definition) is 3. The molecule has 0 amide bonds. The normalized spacial score (nSPS) is 46.8. The Morgan fingerprint density at radius 1 is 1.20 bits per heavy atom. The molecule has 2 fully saturated rings. The zero-order valence-corrected chi connectivity index (χ0v) is 10.2. The van der Waals surface area contributed by atoms with Crippen LogP contribution in [0.5, 0.6) is 0 Å². The van der Waals surface area contributed by atoms with E-state index in [1.54, 1.807) is 0 Å². The van der Waals surface area contributed by atoms with Crippen molar-refractivity contribution in [2.45, 2.75) is 32.8 Å². The van der Waals surface area contributed by atoms with Gasteiger partial charge in [0.05, 0.1) is 6.10 Å². The fourth-order valence-electron chi connectivity index (χ4n) is 3.68. The molecule has 0 saturated carbocycles. The molecule has 2 saturated heterocycles. The lowest BCUT2D eigenvalue weighted by atomic mass is 9.60. The molecule has 0 aromatic rings.